The van der Waals surface area contributed by atoms with Crippen LogP contribution in [0, 0.1) is 11.8 Å². The molecule has 2 unspecified atom stereocenters. The third-order valence-corrected chi connectivity index (χ3v) is 5.47. The molecule has 0 aromatic carbocycles. The summed E-state index contributed by atoms with van der Waals surface area (Å²) in [5.41, 5.74) is 0. The molecule has 0 spiro atoms. The van der Waals surface area contributed by atoms with Crippen LogP contribution < -0.4 is 0 Å². The molecule has 0 amide bonds. The van der Waals surface area contributed by atoms with Gasteiger partial charge in [-0.25, -0.2) is 0 Å². The Bertz CT molecular complexity index is 208. The zero-order valence-electron chi connectivity index (χ0n) is 17.2. The van der Waals surface area contributed by atoms with Crippen molar-refractivity contribution < 1.29 is 0 Å². The van der Waals surface area contributed by atoms with Crippen molar-refractivity contribution in [2.24, 2.45) is 11.8 Å². The highest BCUT2D eigenvalue weighted by Gasteiger charge is 2.13. The van der Waals surface area contributed by atoms with Crippen LogP contribution in [-0.2, 0) is 0 Å². The lowest BCUT2D eigenvalue weighted by Crippen LogP contribution is -2.07. The van der Waals surface area contributed by atoms with E-state index in [1.807, 2.05) is 0 Å². The second-order valence-electron chi connectivity index (χ2n) is 8.11. The Kier molecular flexibility index (Phi) is 18.3. The van der Waals surface area contributed by atoms with Crippen LogP contribution in [0.3, 0.4) is 0 Å². The third kappa shape index (κ3) is 16.6. The molecule has 0 radical (unpaired) electrons. The van der Waals surface area contributed by atoms with Crippen LogP contribution in [0.2, 0.25) is 0 Å². The summed E-state index contributed by atoms with van der Waals surface area (Å²) in [5, 5.41) is 0. The minimum atomic E-state index is 0.957. The predicted molar refractivity (Wildman–Crippen MR) is 108 cm³/mol. The van der Waals surface area contributed by atoms with Crippen LogP contribution >= 0.6 is 0 Å². The average Bonchev–Trinajstić information content (AvgIpc) is 2.54. The molecule has 140 valence electrons. The topological polar surface area (TPSA) is 0 Å². The van der Waals surface area contributed by atoms with E-state index in [0.29, 0.717) is 0 Å². The van der Waals surface area contributed by atoms with Gasteiger partial charge >= 0.3 is 0 Å². The summed E-state index contributed by atoms with van der Waals surface area (Å²) in [6.07, 6.45) is 24.7. The highest BCUT2D eigenvalue weighted by atomic mass is 14.2. The van der Waals surface area contributed by atoms with Crippen LogP contribution in [0.1, 0.15) is 137 Å². The maximum absolute atomic E-state index is 2.52. The smallest absolute Gasteiger partial charge is 0.0412 e. The molecule has 0 aliphatic heterocycles. The van der Waals surface area contributed by atoms with Crippen LogP contribution in [0.25, 0.3) is 0 Å². The Hall–Kier alpha value is 0. The lowest BCUT2D eigenvalue weighted by Gasteiger charge is -2.21. The minimum Gasteiger partial charge on any atom is -0.0654 e. The van der Waals surface area contributed by atoms with E-state index in [1.165, 1.54) is 109 Å². The fourth-order valence-corrected chi connectivity index (χ4v) is 3.88. The van der Waals surface area contributed by atoms with Gasteiger partial charge < -0.3 is 0 Å². The normalized spacial score (nSPS) is 14.1. The van der Waals surface area contributed by atoms with E-state index in [4.69, 9.17) is 0 Å². The Morgan fingerprint density at radius 1 is 0.478 bits per heavy atom. The largest absolute Gasteiger partial charge is 0.0654 e. The Balaban J connectivity index is 3.83. The average molecular weight is 325 g/mol. The molecule has 0 fully saturated rings. The number of hydrogen-bond acceptors (Lipinski definition) is 0. The lowest BCUT2D eigenvalue weighted by atomic mass is 9.85. The monoisotopic (exact) mass is 324 g/mol. The number of unbranched alkanes of at least 4 members (excludes halogenated alkanes) is 10. The molecular formula is C23H48. The van der Waals surface area contributed by atoms with E-state index in [9.17, 15) is 0 Å². The Morgan fingerprint density at radius 3 is 1.48 bits per heavy atom. The van der Waals surface area contributed by atoms with Gasteiger partial charge in [-0.1, -0.05) is 130 Å². The van der Waals surface area contributed by atoms with Gasteiger partial charge in [0, 0.05) is 0 Å². The van der Waals surface area contributed by atoms with Gasteiger partial charge in [-0.15, -0.1) is 0 Å². The molecule has 2 atom stereocenters. The molecule has 0 nitrogen and oxygen atoms in total. The highest BCUT2D eigenvalue weighted by molar-refractivity contribution is 4.65. The van der Waals surface area contributed by atoms with Crippen molar-refractivity contribution in [3.8, 4) is 0 Å². The van der Waals surface area contributed by atoms with Crippen molar-refractivity contribution in [3.05, 3.63) is 0 Å². The van der Waals surface area contributed by atoms with Crippen molar-refractivity contribution in [2.75, 3.05) is 0 Å². The quantitative estimate of drug-likeness (QED) is 0.221. The molecule has 0 rings (SSSR count). The van der Waals surface area contributed by atoms with Gasteiger partial charge in [-0.05, 0) is 18.3 Å². The molecule has 23 heavy (non-hydrogen) atoms. The maximum Gasteiger partial charge on any atom is -0.0412 e. The first-order valence-corrected chi connectivity index (χ1v) is 11.2. The van der Waals surface area contributed by atoms with E-state index >= 15 is 0 Å². The molecule has 0 saturated carbocycles. The fourth-order valence-electron chi connectivity index (χ4n) is 3.88. The van der Waals surface area contributed by atoms with E-state index in [-0.39, 0.29) is 0 Å². The summed E-state index contributed by atoms with van der Waals surface area (Å²) in [4.78, 5) is 0. The van der Waals surface area contributed by atoms with Gasteiger partial charge in [0.05, 0.1) is 0 Å². The van der Waals surface area contributed by atoms with Crippen molar-refractivity contribution in [1.82, 2.24) is 0 Å². The van der Waals surface area contributed by atoms with Crippen LogP contribution in [0.4, 0.5) is 0 Å². The van der Waals surface area contributed by atoms with Gasteiger partial charge in [0.1, 0.15) is 0 Å². The zero-order chi connectivity index (χ0) is 17.2. The predicted octanol–water partition coefficient (Wildman–Crippen LogP) is 8.93. The van der Waals surface area contributed by atoms with Gasteiger partial charge in [-0.3, -0.25) is 0 Å². The van der Waals surface area contributed by atoms with E-state index in [1.54, 1.807) is 0 Å². The van der Waals surface area contributed by atoms with Gasteiger partial charge in [0.15, 0.2) is 0 Å². The summed E-state index contributed by atoms with van der Waals surface area (Å²) in [6.45, 7) is 9.48. The molecular weight excluding hydrogens is 276 g/mol. The first-order chi connectivity index (χ1) is 11.2. The molecule has 0 heterocycles. The van der Waals surface area contributed by atoms with Crippen LogP contribution in [0.15, 0.2) is 0 Å². The van der Waals surface area contributed by atoms with Gasteiger partial charge in [0.25, 0.3) is 0 Å². The molecule has 0 aliphatic carbocycles. The summed E-state index contributed by atoms with van der Waals surface area (Å²) in [7, 11) is 0. The summed E-state index contributed by atoms with van der Waals surface area (Å²) < 4.78 is 0. The van der Waals surface area contributed by atoms with Gasteiger partial charge in [0.2, 0.25) is 0 Å². The number of rotatable bonds is 18. The summed E-state index contributed by atoms with van der Waals surface area (Å²) >= 11 is 0. The molecule has 0 bridgehead atoms. The molecule has 0 saturated heterocycles. The van der Waals surface area contributed by atoms with Crippen molar-refractivity contribution in [1.29, 1.82) is 0 Å². The fraction of sp³-hybridized carbons (Fsp3) is 1.00. The molecule has 0 N–H and O–H groups in total. The summed E-state index contributed by atoms with van der Waals surface area (Å²) in [6, 6.07) is 0. The van der Waals surface area contributed by atoms with Crippen molar-refractivity contribution in [2.45, 2.75) is 137 Å². The first-order valence-electron chi connectivity index (χ1n) is 11.2. The standard InChI is InChI=1S/C23H48/c1-5-8-11-13-14-16-18-22(4)21-23(19-15-10-7-3)20-17-12-9-6-2/h22-23H,5-21H2,1-4H3. The highest BCUT2D eigenvalue weighted by Crippen LogP contribution is 2.27. The molecule has 0 aliphatic rings. The second kappa shape index (κ2) is 18.3. The second-order valence-corrected chi connectivity index (χ2v) is 8.11. The molecule has 0 aromatic rings. The van der Waals surface area contributed by atoms with Gasteiger partial charge in [-0.2, -0.15) is 0 Å². The van der Waals surface area contributed by atoms with E-state index in [0.717, 1.165) is 11.8 Å². The Morgan fingerprint density at radius 2 is 0.870 bits per heavy atom. The SMILES string of the molecule is CCCCCCCCC(C)CC(CCCCC)CCCCCC. The minimum absolute atomic E-state index is 0.957. The number of hydrogen-bond donors (Lipinski definition) is 0. The van der Waals surface area contributed by atoms with E-state index < -0.39 is 0 Å². The first kappa shape index (κ1) is 23.0. The third-order valence-electron chi connectivity index (χ3n) is 5.47. The van der Waals surface area contributed by atoms with Crippen molar-refractivity contribution >= 4 is 0 Å². The maximum atomic E-state index is 2.52. The lowest BCUT2D eigenvalue weighted by molar-refractivity contribution is 0.314. The van der Waals surface area contributed by atoms with Crippen LogP contribution in [-0.4, -0.2) is 0 Å². The summed E-state index contributed by atoms with van der Waals surface area (Å²) in [5.74, 6) is 1.98. The molecule has 0 aromatic heterocycles. The Labute approximate surface area is 149 Å². The zero-order valence-corrected chi connectivity index (χ0v) is 17.2. The van der Waals surface area contributed by atoms with Crippen molar-refractivity contribution in [3.63, 3.8) is 0 Å². The molecule has 0 heteroatoms. The van der Waals surface area contributed by atoms with E-state index in [2.05, 4.69) is 27.7 Å². The van der Waals surface area contributed by atoms with Crippen LogP contribution in [0.5, 0.6) is 0 Å².